The van der Waals surface area contributed by atoms with Gasteiger partial charge in [0.2, 0.25) is 0 Å². The number of halogens is 1. The van der Waals surface area contributed by atoms with Gasteiger partial charge < -0.3 is 9.88 Å². The maximum atomic E-state index is 13.6. The largest absolute Gasteiger partial charge is 0.356 e. The van der Waals surface area contributed by atoms with E-state index in [1.807, 2.05) is 29.2 Å². The summed E-state index contributed by atoms with van der Waals surface area (Å²) in [6.07, 6.45) is 6.14. The Labute approximate surface area is 168 Å². The fraction of sp³-hybridized carbons (Fsp3) is 0.261. The van der Waals surface area contributed by atoms with Crippen molar-refractivity contribution < 1.29 is 4.79 Å². The summed E-state index contributed by atoms with van der Waals surface area (Å²) in [4.78, 5) is 21.2. The fourth-order valence-electron chi connectivity index (χ4n) is 5.41. The van der Waals surface area contributed by atoms with Gasteiger partial charge in [0, 0.05) is 22.5 Å². The zero-order valence-corrected chi connectivity index (χ0v) is 16.2. The standard InChI is InChI=1S/C23H20ClN3O/c24-15-6-5-7-16(14-15)27-20-10-3-4-12-23(20)21-18(11-13-26(23)22(27)28)17-8-1-2-9-19(17)25-21/h1-2,5-10,14,25H,3-4,11-13H2. The number of para-hydroxylation sites is 1. The number of nitrogens with one attached hydrogen (secondary N) is 1. The quantitative estimate of drug-likeness (QED) is 0.579. The Hall–Kier alpha value is -2.72. The molecule has 0 saturated carbocycles. The lowest BCUT2D eigenvalue weighted by molar-refractivity contribution is 0.142. The van der Waals surface area contributed by atoms with Crippen LogP contribution in [0.3, 0.4) is 0 Å². The van der Waals surface area contributed by atoms with E-state index in [9.17, 15) is 4.79 Å². The van der Waals surface area contributed by atoms with Crippen LogP contribution >= 0.6 is 11.6 Å². The van der Waals surface area contributed by atoms with Gasteiger partial charge in [0.05, 0.1) is 17.1 Å². The molecule has 1 saturated heterocycles. The van der Waals surface area contributed by atoms with Gasteiger partial charge in [-0.15, -0.1) is 0 Å². The molecule has 1 N–H and O–H groups in total. The molecule has 2 aromatic carbocycles. The van der Waals surface area contributed by atoms with Gasteiger partial charge in [0.15, 0.2) is 0 Å². The van der Waals surface area contributed by atoms with Crippen LogP contribution < -0.4 is 4.90 Å². The number of allylic oxidation sites excluding steroid dienone is 1. The van der Waals surface area contributed by atoms with Gasteiger partial charge >= 0.3 is 6.03 Å². The molecule has 3 aromatic rings. The Bertz CT molecular complexity index is 1160. The molecule has 3 heterocycles. The van der Waals surface area contributed by atoms with Crippen LogP contribution in [0.2, 0.25) is 5.02 Å². The zero-order chi connectivity index (χ0) is 18.9. The number of fused-ring (bicyclic) bond motifs is 3. The molecule has 4 nitrogen and oxygen atoms in total. The molecule has 2 amide bonds. The minimum atomic E-state index is -0.399. The van der Waals surface area contributed by atoms with Gasteiger partial charge in [-0.25, -0.2) is 4.79 Å². The van der Waals surface area contributed by atoms with E-state index in [0.29, 0.717) is 5.02 Å². The number of rotatable bonds is 1. The van der Waals surface area contributed by atoms with Crippen LogP contribution in [-0.4, -0.2) is 22.5 Å². The minimum absolute atomic E-state index is 0.0553. The van der Waals surface area contributed by atoms with Crippen molar-refractivity contribution in [2.24, 2.45) is 0 Å². The lowest BCUT2D eigenvalue weighted by atomic mass is 9.76. The minimum Gasteiger partial charge on any atom is -0.356 e. The Morgan fingerprint density at radius 1 is 1.11 bits per heavy atom. The Balaban J connectivity index is 1.62. The van der Waals surface area contributed by atoms with Crippen LogP contribution in [0.15, 0.2) is 60.3 Å². The smallest absolute Gasteiger partial charge is 0.330 e. The van der Waals surface area contributed by atoms with Gasteiger partial charge in [0.25, 0.3) is 0 Å². The van der Waals surface area contributed by atoms with E-state index in [4.69, 9.17) is 11.6 Å². The summed E-state index contributed by atoms with van der Waals surface area (Å²) in [5.41, 5.74) is 5.24. The predicted octanol–water partition coefficient (Wildman–Crippen LogP) is 5.58. The molecule has 1 spiro atoms. The summed E-state index contributed by atoms with van der Waals surface area (Å²) in [7, 11) is 0. The van der Waals surface area contributed by atoms with Gasteiger partial charge in [-0.05, 0) is 55.5 Å². The number of carbonyl (C=O) groups is 1. The highest BCUT2D eigenvalue weighted by atomic mass is 35.5. The van der Waals surface area contributed by atoms with Gasteiger partial charge in [0.1, 0.15) is 5.54 Å². The highest BCUT2D eigenvalue weighted by molar-refractivity contribution is 6.31. The molecule has 1 fully saturated rings. The number of benzene rings is 2. The van der Waals surface area contributed by atoms with Crippen LogP contribution in [0.25, 0.3) is 10.9 Å². The summed E-state index contributed by atoms with van der Waals surface area (Å²) in [6, 6.07) is 16.1. The number of nitrogens with zero attached hydrogens (tertiary/aromatic N) is 2. The topological polar surface area (TPSA) is 39.3 Å². The number of hydrogen-bond acceptors (Lipinski definition) is 1. The molecule has 1 aromatic heterocycles. The molecule has 140 valence electrons. The van der Waals surface area contributed by atoms with Crippen LogP contribution in [0.5, 0.6) is 0 Å². The molecule has 1 atom stereocenters. The summed E-state index contributed by atoms with van der Waals surface area (Å²) in [5.74, 6) is 0. The van der Waals surface area contributed by atoms with Gasteiger partial charge in [-0.1, -0.05) is 41.9 Å². The Kier molecular flexibility index (Phi) is 3.28. The molecular formula is C23H20ClN3O. The molecule has 0 radical (unpaired) electrons. The number of amides is 2. The van der Waals surface area contributed by atoms with Crippen molar-refractivity contribution in [3.05, 3.63) is 76.6 Å². The molecule has 3 aliphatic rings. The molecule has 28 heavy (non-hydrogen) atoms. The first-order valence-corrected chi connectivity index (χ1v) is 10.3. The predicted molar refractivity (Wildman–Crippen MR) is 112 cm³/mol. The molecule has 1 aliphatic carbocycles. The Morgan fingerprint density at radius 2 is 2.00 bits per heavy atom. The lowest BCUT2D eigenvalue weighted by Crippen LogP contribution is -2.49. The normalized spacial score (nSPS) is 23.5. The summed E-state index contributed by atoms with van der Waals surface area (Å²) >= 11 is 6.25. The number of hydrogen-bond donors (Lipinski definition) is 1. The van der Waals surface area contributed by atoms with Crippen molar-refractivity contribution >= 4 is 34.2 Å². The first kappa shape index (κ1) is 16.3. The van der Waals surface area contributed by atoms with E-state index in [1.54, 1.807) is 0 Å². The second kappa shape index (κ2) is 5.65. The summed E-state index contributed by atoms with van der Waals surface area (Å²) in [5, 5.41) is 1.93. The second-order valence-corrected chi connectivity index (χ2v) is 8.30. The van der Waals surface area contributed by atoms with Crippen LogP contribution in [0.1, 0.15) is 30.5 Å². The third kappa shape index (κ3) is 1.93. The third-order valence-corrected chi connectivity index (χ3v) is 6.74. The van der Waals surface area contributed by atoms with Crippen molar-refractivity contribution in [1.29, 1.82) is 0 Å². The molecule has 2 aliphatic heterocycles. The highest BCUT2D eigenvalue weighted by Crippen LogP contribution is 2.54. The first-order valence-electron chi connectivity index (χ1n) is 9.88. The van der Waals surface area contributed by atoms with E-state index in [0.717, 1.165) is 49.1 Å². The number of anilines is 1. The highest BCUT2D eigenvalue weighted by Gasteiger charge is 2.58. The maximum Gasteiger partial charge on any atom is 0.330 e. The molecular weight excluding hydrogens is 370 g/mol. The molecule has 0 bridgehead atoms. The monoisotopic (exact) mass is 389 g/mol. The summed E-state index contributed by atoms with van der Waals surface area (Å²) in [6.45, 7) is 0.738. The first-order chi connectivity index (χ1) is 13.7. The van der Waals surface area contributed by atoms with E-state index < -0.39 is 5.54 Å². The fourth-order valence-corrected chi connectivity index (χ4v) is 5.59. The number of H-pyrrole nitrogens is 1. The van der Waals surface area contributed by atoms with Crippen LogP contribution in [0, 0.1) is 0 Å². The summed E-state index contributed by atoms with van der Waals surface area (Å²) < 4.78 is 0. The van der Waals surface area contributed by atoms with Crippen molar-refractivity contribution in [3.63, 3.8) is 0 Å². The van der Waals surface area contributed by atoms with Crippen LogP contribution in [-0.2, 0) is 12.0 Å². The van der Waals surface area contributed by atoms with E-state index >= 15 is 0 Å². The van der Waals surface area contributed by atoms with E-state index in [2.05, 4.69) is 40.2 Å². The van der Waals surface area contributed by atoms with Crippen molar-refractivity contribution in [2.75, 3.05) is 11.4 Å². The number of aromatic amines is 1. The second-order valence-electron chi connectivity index (χ2n) is 7.87. The van der Waals surface area contributed by atoms with E-state index in [-0.39, 0.29) is 6.03 Å². The van der Waals surface area contributed by atoms with Crippen LogP contribution in [0.4, 0.5) is 10.5 Å². The lowest BCUT2D eigenvalue weighted by Gasteiger charge is -2.43. The van der Waals surface area contributed by atoms with Crippen molar-refractivity contribution in [2.45, 2.75) is 31.2 Å². The SMILES string of the molecule is O=C1N(c2cccc(Cl)c2)C2=CCCCC23c2[nH]c4ccccc4c2CCN13. The zero-order valence-electron chi connectivity index (χ0n) is 15.4. The van der Waals surface area contributed by atoms with E-state index in [1.165, 1.54) is 16.6 Å². The number of aromatic nitrogens is 1. The molecule has 6 rings (SSSR count). The van der Waals surface area contributed by atoms with Crippen molar-refractivity contribution in [1.82, 2.24) is 9.88 Å². The van der Waals surface area contributed by atoms with Crippen molar-refractivity contribution in [3.8, 4) is 0 Å². The number of urea groups is 1. The molecule has 5 heteroatoms. The molecule has 1 unspecified atom stereocenters. The third-order valence-electron chi connectivity index (χ3n) is 6.51. The number of carbonyl (C=O) groups excluding carboxylic acids is 1. The average molecular weight is 390 g/mol. The van der Waals surface area contributed by atoms with Gasteiger partial charge in [-0.3, -0.25) is 4.90 Å². The van der Waals surface area contributed by atoms with Gasteiger partial charge in [-0.2, -0.15) is 0 Å². The average Bonchev–Trinajstić information content (AvgIpc) is 3.21. The maximum absolute atomic E-state index is 13.6. The Morgan fingerprint density at radius 3 is 2.89 bits per heavy atom.